The number of rotatable bonds is 8. The zero-order chi connectivity index (χ0) is 25.7. The molecule has 0 fully saturated rings. The summed E-state index contributed by atoms with van der Waals surface area (Å²) in [4.78, 5) is 27.8. The van der Waals surface area contributed by atoms with E-state index < -0.39 is 16.1 Å². The molecule has 4 rings (SSSR count). The molecule has 1 aliphatic rings. The molecule has 2 amide bonds. The maximum atomic E-state index is 13.3. The van der Waals surface area contributed by atoms with Gasteiger partial charge < -0.3 is 15.0 Å². The van der Waals surface area contributed by atoms with E-state index in [2.05, 4.69) is 5.32 Å². The Labute approximate surface area is 211 Å². The van der Waals surface area contributed by atoms with Crippen LogP contribution in [0.1, 0.15) is 11.1 Å². The summed E-state index contributed by atoms with van der Waals surface area (Å²) < 4.78 is 30.6. The highest BCUT2D eigenvalue weighted by atomic mass is 32.2. The molecule has 0 saturated carbocycles. The van der Waals surface area contributed by atoms with E-state index in [-0.39, 0.29) is 24.8 Å². The average Bonchev–Trinajstić information content (AvgIpc) is 2.88. The van der Waals surface area contributed by atoms with Crippen LogP contribution in [0.5, 0.6) is 5.75 Å². The number of amides is 2. The molecule has 3 aromatic carbocycles. The van der Waals surface area contributed by atoms with Crippen LogP contribution in [0, 0.1) is 0 Å². The second-order valence-electron chi connectivity index (χ2n) is 8.68. The lowest BCUT2D eigenvalue weighted by Crippen LogP contribution is -2.51. The highest BCUT2D eigenvalue weighted by Gasteiger charge is 2.33. The largest absolute Gasteiger partial charge is 0.477 e. The van der Waals surface area contributed by atoms with Gasteiger partial charge in [0, 0.05) is 13.6 Å². The molecule has 0 unspecified atom stereocenters. The first-order valence-electron chi connectivity index (χ1n) is 11.6. The number of anilines is 2. The molecule has 36 heavy (non-hydrogen) atoms. The molecule has 9 heteroatoms. The lowest BCUT2D eigenvalue weighted by Gasteiger charge is -2.34. The Morgan fingerprint density at radius 1 is 0.972 bits per heavy atom. The van der Waals surface area contributed by atoms with E-state index in [0.717, 1.165) is 17.4 Å². The van der Waals surface area contributed by atoms with Crippen LogP contribution in [0.2, 0.25) is 0 Å². The van der Waals surface area contributed by atoms with Crippen LogP contribution in [-0.4, -0.2) is 52.7 Å². The quantitative estimate of drug-likeness (QED) is 0.506. The van der Waals surface area contributed by atoms with E-state index in [1.54, 1.807) is 47.4 Å². The van der Waals surface area contributed by atoms with Crippen LogP contribution < -0.4 is 19.3 Å². The topological polar surface area (TPSA) is 96.0 Å². The van der Waals surface area contributed by atoms with Gasteiger partial charge in [-0.3, -0.25) is 13.9 Å². The van der Waals surface area contributed by atoms with Gasteiger partial charge in [0.1, 0.15) is 5.75 Å². The number of sulfonamides is 1. The predicted octanol–water partition coefficient (Wildman–Crippen LogP) is 2.78. The lowest BCUT2D eigenvalue weighted by molar-refractivity contribution is -0.128. The second kappa shape index (κ2) is 10.8. The van der Waals surface area contributed by atoms with Crippen LogP contribution in [0.25, 0.3) is 0 Å². The van der Waals surface area contributed by atoms with Crippen molar-refractivity contribution in [2.24, 2.45) is 0 Å². The number of ether oxygens (including phenoxy) is 1. The second-order valence-corrected chi connectivity index (χ2v) is 10.7. The number of nitrogens with one attached hydrogen (secondary N) is 1. The van der Waals surface area contributed by atoms with Crippen molar-refractivity contribution < 1.29 is 22.7 Å². The Bertz CT molecular complexity index is 1330. The van der Waals surface area contributed by atoms with Crippen LogP contribution in [0.15, 0.2) is 78.9 Å². The van der Waals surface area contributed by atoms with Gasteiger partial charge in [0.25, 0.3) is 5.91 Å². The summed E-state index contributed by atoms with van der Waals surface area (Å²) in [5.74, 6) is 0.0221. The zero-order valence-electron chi connectivity index (χ0n) is 20.3. The highest BCUT2D eigenvalue weighted by molar-refractivity contribution is 7.92. The number of nitrogens with zero attached hydrogens (tertiary/aromatic N) is 2. The van der Waals surface area contributed by atoms with E-state index in [4.69, 9.17) is 4.74 Å². The fourth-order valence-electron chi connectivity index (χ4n) is 3.98. The third kappa shape index (κ3) is 6.04. The average molecular weight is 508 g/mol. The minimum atomic E-state index is -3.37. The first-order valence-corrected chi connectivity index (χ1v) is 13.5. The van der Waals surface area contributed by atoms with Crippen molar-refractivity contribution in [3.8, 4) is 5.75 Å². The summed E-state index contributed by atoms with van der Waals surface area (Å²) in [7, 11) is -1.90. The van der Waals surface area contributed by atoms with Gasteiger partial charge in [0.05, 0.1) is 30.6 Å². The molecule has 0 saturated heterocycles. The first-order chi connectivity index (χ1) is 17.2. The number of para-hydroxylation sites is 2. The molecule has 1 aliphatic heterocycles. The number of hydrogen-bond acceptors (Lipinski definition) is 5. The molecule has 0 aromatic heterocycles. The predicted molar refractivity (Wildman–Crippen MR) is 140 cm³/mol. The maximum absolute atomic E-state index is 13.3. The van der Waals surface area contributed by atoms with E-state index in [0.29, 0.717) is 30.1 Å². The number of benzene rings is 3. The SMILES string of the molecule is CN(c1ccc(CC(=O)N2C[C@@H](C(=O)NCCc3ccccc3)Oc3ccccc32)cc1)S(C)(=O)=O. The summed E-state index contributed by atoms with van der Waals surface area (Å²) in [6, 6.07) is 23.8. The number of hydrogen-bond donors (Lipinski definition) is 1. The van der Waals surface area contributed by atoms with E-state index in [9.17, 15) is 18.0 Å². The van der Waals surface area contributed by atoms with Gasteiger partial charge in [-0.25, -0.2) is 8.42 Å². The Morgan fingerprint density at radius 2 is 1.64 bits per heavy atom. The molecule has 0 spiro atoms. The summed E-state index contributed by atoms with van der Waals surface area (Å²) in [5, 5.41) is 2.91. The fourth-order valence-corrected chi connectivity index (χ4v) is 4.49. The molecular weight excluding hydrogens is 478 g/mol. The molecule has 1 atom stereocenters. The van der Waals surface area contributed by atoms with Crippen molar-refractivity contribution in [1.29, 1.82) is 0 Å². The monoisotopic (exact) mass is 507 g/mol. The molecule has 188 valence electrons. The van der Waals surface area contributed by atoms with Crippen LogP contribution in [0.4, 0.5) is 11.4 Å². The van der Waals surface area contributed by atoms with E-state index in [1.807, 2.05) is 36.4 Å². The van der Waals surface area contributed by atoms with Gasteiger partial charge in [0.15, 0.2) is 6.10 Å². The summed E-state index contributed by atoms with van der Waals surface area (Å²) in [6.45, 7) is 0.564. The minimum Gasteiger partial charge on any atom is -0.477 e. The van der Waals surface area contributed by atoms with Gasteiger partial charge in [-0.15, -0.1) is 0 Å². The highest BCUT2D eigenvalue weighted by Crippen LogP contribution is 2.33. The van der Waals surface area contributed by atoms with Gasteiger partial charge in [-0.05, 0) is 41.8 Å². The molecule has 8 nitrogen and oxygen atoms in total. The maximum Gasteiger partial charge on any atom is 0.262 e. The van der Waals surface area contributed by atoms with Crippen molar-refractivity contribution in [2.45, 2.75) is 18.9 Å². The third-order valence-electron chi connectivity index (χ3n) is 6.08. The summed E-state index contributed by atoms with van der Waals surface area (Å²) in [6.07, 6.45) is 1.10. The van der Waals surface area contributed by atoms with Gasteiger partial charge in [0.2, 0.25) is 15.9 Å². The molecule has 3 aromatic rings. The normalized spacial score (nSPS) is 14.9. The van der Waals surface area contributed by atoms with E-state index >= 15 is 0 Å². The smallest absolute Gasteiger partial charge is 0.262 e. The van der Waals surface area contributed by atoms with Gasteiger partial charge in [-0.1, -0.05) is 54.6 Å². The van der Waals surface area contributed by atoms with Crippen molar-refractivity contribution in [3.63, 3.8) is 0 Å². The molecule has 0 bridgehead atoms. The molecular formula is C27H29N3O5S. The number of carbonyl (C=O) groups excluding carboxylic acids is 2. The molecule has 0 aliphatic carbocycles. The number of fused-ring (bicyclic) bond motifs is 1. The Hall–Kier alpha value is -3.85. The summed E-state index contributed by atoms with van der Waals surface area (Å²) in [5.41, 5.74) is 2.98. The van der Waals surface area contributed by atoms with Crippen molar-refractivity contribution in [3.05, 3.63) is 90.0 Å². The van der Waals surface area contributed by atoms with Crippen LogP contribution >= 0.6 is 0 Å². The first kappa shape index (κ1) is 25.2. The molecule has 1 heterocycles. The summed E-state index contributed by atoms with van der Waals surface area (Å²) >= 11 is 0. The van der Waals surface area contributed by atoms with Crippen molar-refractivity contribution in [2.75, 3.05) is 35.6 Å². The van der Waals surface area contributed by atoms with Crippen molar-refractivity contribution in [1.82, 2.24) is 5.32 Å². The zero-order valence-corrected chi connectivity index (χ0v) is 21.1. The van der Waals surface area contributed by atoms with Gasteiger partial charge in [-0.2, -0.15) is 0 Å². The standard InChI is InChI=1S/C27H29N3O5S/c1-29(36(2,33)34)22-14-12-21(13-15-22)18-26(31)30-19-25(35-24-11-7-6-10-23(24)30)27(32)28-17-16-20-8-4-3-5-9-20/h3-15,25H,16-19H2,1-2H3,(H,28,32)/t25-/m0/s1. The van der Waals surface area contributed by atoms with Gasteiger partial charge >= 0.3 is 0 Å². The lowest BCUT2D eigenvalue weighted by atomic mass is 10.1. The molecule has 0 radical (unpaired) electrons. The van der Waals surface area contributed by atoms with Crippen LogP contribution in [0.3, 0.4) is 0 Å². The Kier molecular flexibility index (Phi) is 7.59. The fraction of sp³-hybridized carbons (Fsp3) is 0.259. The van der Waals surface area contributed by atoms with E-state index in [1.165, 1.54) is 11.4 Å². The third-order valence-corrected chi connectivity index (χ3v) is 7.28. The Balaban J connectivity index is 1.43. The Morgan fingerprint density at radius 3 is 2.33 bits per heavy atom. The number of carbonyl (C=O) groups is 2. The minimum absolute atomic E-state index is 0.0968. The molecule has 1 N–H and O–H groups in total. The van der Waals surface area contributed by atoms with Crippen molar-refractivity contribution >= 4 is 33.2 Å². The van der Waals surface area contributed by atoms with Crippen LogP contribution in [-0.2, 0) is 32.5 Å².